The molecule has 33 heavy (non-hydrogen) atoms. The Labute approximate surface area is 186 Å². The van der Waals surface area contributed by atoms with Gasteiger partial charge in [0.2, 0.25) is 11.3 Å². The number of aromatic hydroxyl groups is 1. The summed E-state index contributed by atoms with van der Waals surface area (Å²) in [5.41, 5.74) is 0.557. The number of benzene rings is 1. The van der Waals surface area contributed by atoms with E-state index >= 15 is 0 Å². The van der Waals surface area contributed by atoms with E-state index < -0.39 is 35.8 Å². The minimum atomic E-state index is -3.22. The number of carboxylic acids is 1. The number of allylic oxidation sites excluding steroid dienone is 2. The van der Waals surface area contributed by atoms with E-state index in [0.717, 1.165) is 0 Å². The molecule has 1 amide bonds. The Morgan fingerprint density at radius 2 is 1.97 bits per heavy atom. The highest BCUT2D eigenvalue weighted by Crippen LogP contribution is 2.57. The number of likely N-dealkylation sites (tertiary alicyclic amines) is 1. The van der Waals surface area contributed by atoms with E-state index in [9.17, 15) is 34.6 Å². The third kappa shape index (κ3) is 3.43. The zero-order chi connectivity index (χ0) is 23.7. The fourth-order valence-corrected chi connectivity index (χ4v) is 4.21. The Hall–Kier alpha value is -3.77. The summed E-state index contributed by atoms with van der Waals surface area (Å²) in [6.45, 7) is -1.34. The van der Waals surface area contributed by atoms with Crippen molar-refractivity contribution in [2.24, 2.45) is 0 Å². The minimum absolute atomic E-state index is 0.00539. The van der Waals surface area contributed by atoms with Crippen LogP contribution in [0.15, 0.2) is 35.3 Å². The number of hydrogen-bond donors (Lipinski definition) is 4. The SMILES string of the molecule is Cc1c(O)c(=O)ccn1CC(=O)N1CC(Oc2ccc3c(c2C(=O)O)O[B-](O)(O)[C@H]2C=C32)C1. The quantitative estimate of drug-likeness (QED) is 0.453. The molecule has 0 saturated carbocycles. The van der Waals surface area contributed by atoms with Crippen LogP contribution in [0.4, 0.5) is 0 Å². The van der Waals surface area contributed by atoms with Crippen molar-refractivity contribution in [1.82, 2.24) is 9.47 Å². The van der Waals surface area contributed by atoms with E-state index in [2.05, 4.69) is 0 Å². The van der Waals surface area contributed by atoms with Crippen LogP contribution in [0.1, 0.15) is 21.6 Å². The molecule has 172 valence electrons. The van der Waals surface area contributed by atoms with Gasteiger partial charge in [-0.3, -0.25) is 9.59 Å². The van der Waals surface area contributed by atoms with Crippen LogP contribution < -0.4 is 14.8 Å². The van der Waals surface area contributed by atoms with Crippen LogP contribution in [0.3, 0.4) is 0 Å². The van der Waals surface area contributed by atoms with E-state index in [-0.39, 0.29) is 48.3 Å². The molecule has 4 N–H and O–H groups in total. The highest BCUT2D eigenvalue weighted by Gasteiger charge is 2.49. The van der Waals surface area contributed by atoms with Crippen LogP contribution in [-0.2, 0) is 11.3 Å². The van der Waals surface area contributed by atoms with Crippen LogP contribution in [0.25, 0.3) is 5.57 Å². The zero-order valence-corrected chi connectivity index (χ0v) is 17.5. The lowest BCUT2D eigenvalue weighted by Gasteiger charge is -2.40. The lowest BCUT2D eigenvalue weighted by atomic mass is 9.67. The second-order valence-corrected chi connectivity index (χ2v) is 8.43. The second kappa shape index (κ2) is 7.12. The first-order valence-corrected chi connectivity index (χ1v) is 10.3. The average molecular weight is 455 g/mol. The number of hydrogen-bond acceptors (Lipinski definition) is 8. The fourth-order valence-electron chi connectivity index (χ4n) is 4.21. The zero-order valence-electron chi connectivity index (χ0n) is 17.5. The molecule has 0 spiro atoms. The number of fused-ring (bicyclic) bond motifs is 3. The van der Waals surface area contributed by atoms with Gasteiger partial charge in [-0.25, -0.2) is 4.79 Å². The summed E-state index contributed by atoms with van der Waals surface area (Å²) in [7, 11) is 0. The molecule has 1 aliphatic carbocycles. The molecule has 1 aromatic carbocycles. The van der Waals surface area contributed by atoms with E-state index in [1.54, 1.807) is 12.1 Å². The maximum absolute atomic E-state index is 12.5. The van der Waals surface area contributed by atoms with Crippen LogP contribution in [-0.4, -0.2) is 67.6 Å². The van der Waals surface area contributed by atoms with Crippen molar-refractivity contribution >= 4 is 24.2 Å². The molecule has 3 heterocycles. The van der Waals surface area contributed by atoms with Gasteiger partial charge in [-0.1, -0.05) is 5.57 Å². The van der Waals surface area contributed by atoms with Crippen molar-refractivity contribution in [3.63, 3.8) is 0 Å². The fraction of sp³-hybridized carbons (Fsp3) is 0.286. The van der Waals surface area contributed by atoms with Crippen molar-refractivity contribution < 1.29 is 39.2 Å². The smallest absolute Gasteiger partial charge is 0.441 e. The lowest BCUT2D eigenvalue weighted by molar-refractivity contribution is -0.140. The number of carbonyl (C=O) groups is 2. The number of aromatic carboxylic acids is 1. The summed E-state index contributed by atoms with van der Waals surface area (Å²) in [6.07, 6.45) is 2.57. The van der Waals surface area contributed by atoms with Gasteiger partial charge < -0.3 is 39.1 Å². The molecule has 1 saturated heterocycles. The van der Waals surface area contributed by atoms with E-state index in [1.807, 2.05) is 0 Å². The van der Waals surface area contributed by atoms with Gasteiger partial charge in [0.15, 0.2) is 5.75 Å². The third-order valence-electron chi connectivity index (χ3n) is 6.23. The first kappa shape index (κ1) is 21.1. The number of aromatic nitrogens is 1. The first-order valence-electron chi connectivity index (χ1n) is 10.3. The van der Waals surface area contributed by atoms with Gasteiger partial charge in [0.05, 0.1) is 24.5 Å². The van der Waals surface area contributed by atoms with Gasteiger partial charge in [0.25, 0.3) is 0 Å². The molecule has 3 aliphatic rings. The molecule has 0 bridgehead atoms. The molecule has 5 rings (SSSR count). The monoisotopic (exact) mass is 455 g/mol. The van der Waals surface area contributed by atoms with Gasteiger partial charge in [0.1, 0.15) is 24.0 Å². The molecular formula is C21H20BN2O9-. The van der Waals surface area contributed by atoms with Crippen LogP contribution in [0.2, 0.25) is 5.82 Å². The summed E-state index contributed by atoms with van der Waals surface area (Å²) < 4.78 is 12.5. The average Bonchev–Trinajstić information content (AvgIpc) is 3.52. The van der Waals surface area contributed by atoms with Crippen LogP contribution in [0.5, 0.6) is 17.2 Å². The third-order valence-corrected chi connectivity index (χ3v) is 6.23. The Kier molecular flexibility index (Phi) is 4.55. The molecule has 1 atom stereocenters. The molecule has 11 nitrogen and oxygen atoms in total. The Morgan fingerprint density at radius 1 is 1.24 bits per heavy atom. The second-order valence-electron chi connectivity index (χ2n) is 8.43. The van der Waals surface area contributed by atoms with Gasteiger partial charge >= 0.3 is 12.7 Å². The Morgan fingerprint density at radius 3 is 2.67 bits per heavy atom. The van der Waals surface area contributed by atoms with Gasteiger partial charge in [-0.15, -0.1) is 6.08 Å². The molecular weight excluding hydrogens is 435 g/mol. The number of carbonyl (C=O) groups excluding carboxylic acids is 1. The largest absolute Gasteiger partial charge is 0.668 e. The molecule has 1 fully saturated rings. The van der Waals surface area contributed by atoms with Crippen molar-refractivity contribution in [2.75, 3.05) is 13.1 Å². The number of nitrogens with zero attached hydrogens (tertiary/aromatic N) is 2. The maximum Gasteiger partial charge on any atom is 0.441 e. The van der Waals surface area contributed by atoms with Gasteiger partial charge in [0, 0.05) is 17.8 Å². The van der Waals surface area contributed by atoms with Crippen molar-refractivity contribution in [2.45, 2.75) is 25.4 Å². The van der Waals surface area contributed by atoms with Gasteiger partial charge in [-0.2, -0.15) is 0 Å². The Balaban J connectivity index is 1.28. The van der Waals surface area contributed by atoms with Crippen molar-refractivity contribution in [3.05, 3.63) is 57.5 Å². The highest BCUT2D eigenvalue weighted by molar-refractivity contribution is 6.66. The topological polar surface area (TPSA) is 159 Å². The molecule has 12 heteroatoms. The predicted molar refractivity (Wildman–Crippen MR) is 114 cm³/mol. The first-order chi connectivity index (χ1) is 15.6. The van der Waals surface area contributed by atoms with Crippen molar-refractivity contribution in [1.29, 1.82) is 0 Å². The number of pyridine rings is 1. The summed E-state index contributed by atoms with van der Waals surface area (Å²) in [5, 5.41) is 39.6. The highest BCUT2D eigenvalue weighted by atomic mass is 16.6. The molecule has 2 aliphatic heterocycles. The van der Waals surface area contributed by atoms with Crippen LogP contribution in [0, 0.1) is 6.92 Å². The van der Waals surface area contributed by atoms with Crippen molar-refractivity contribution in [3.8, 4) is 17.2 Å². The Bertz CT molecular complexity index is 1290. The minimum Gasteiger partial charge on any atom is -0.668 e. The molecule has 2 aromatic rings. The van der Waals surface area contributed by atoms with E-state index in [1.165, 1.54) is 34.7 Å². The number of carboxylic acid groups (broad SMARTS) is 1. The van der Waals surface area contributed by atoms with Gasteiger partial charge in [-0.05, 0) is 24.9 Å². The molecule has 0 unspecified atom stereocenters. The normalized spacial score (nSPS) is 20.0. The van der Waals surface area contributed by atoms with E-state index in [4.69, 9.17) is 9.39 Å². The molecule has 1 aromatic heterocycles. The number of ether oxygens (including phenoxy) is 1. The summed E-state index contributed by atoms with van der Waals surface area (Å²) >= 11 is 0. The number of amides is 1. The lowest BCUT2D eigenvalue weighted by Crippen LogP contribution is -2.57. The predicted octanol–water partition coefficient (Wildman–Crippen LogP) is -0.0666. The summed E-state index contributed by atoms with van der Waals surface area (Å²) in [6, 6.07) is 4.28. The van der Waals surface area contributed by atoms with Crippen LogP contribution >= 0.6 is 0 Å². The summed E-state index contributed by atoms with van der Waals surface area (Å²) in [4.78, 5) is 37.4. The van der Waals surface area contributed by atoms with E-state index in [0.29, 0.717) is 11.1 Å². The molecule has 0 radical (unpaired) electrons. The maximum atomic E-state index is 12.5. The number of rotatable bonds is 5. The summed E-state index contributed by atoms with van der Waals surface area (Å²) in [5.74, 6) is -2.78. The standard InChI is InChI=1S/C21H20BN2O9/c1-10-19(27)15(25)4-5-23(10)9-17(26)24-7-11(8-24)32-16-3-2-12-13-6-14(13)22(30,31)33-20(12)18(16)21(28)29/h2-6,11,14,27,30-31H,7-9H2,1H3,(H,28,29)/q-1/t14-/m0/s1.